The number of carbonyl (C=O) groups excluding carboxylic acids is 3. The fraction of sp³-hybridized carbons (Fsp3) is 0.438. The van der Waals surface area contributed by atoms with Gasteiger partial charge in [-0.1, -0.05) is 30.3 Å². The molecule has 21 heavy (non-hydrogen) atoms. The zero-order chi connectivity index (χ0) is 15.0. The Morgan fingerprint density at radius 3 is 2.43 bits per heavy atom. The highest BCUT2D eigenvalue weighted by Gasteiger charge is 2.53. The molecule has 2 aliphatic heterocycles. The second-order valence-electron chi connectivity index (χ2n) is 5.98. The third-order valence-electron chi connectivity index (χ3n) is 4.46. The average Bonchev–Trinajstić information content (AvgIpc) is 2.77. The largest absolute Gasteiger partial charge is 0.345 e. The van der Waals surface area contributed by atoms with Crippen molar-refractivity contribution in [3.63, 3.8) is 0 Å². The second kappa shape index (κ2) is 4.98. The van der Waals surface area contributed by atoms with Crippen LogP contribution in [0.4, 0.5) is 0 Å². The first-order valence-corrected chi connectivity index (χ1v) is 7.14. The summed E-state index contributed by atoms with van der Waals surface area (Å²) < 4.78 is 0. The van der Waals surface area contributed by atoms with E-state index in [2.05, 4.69) is 0 Å². The van der Waals surface area contributed by atoms with Crippen LogP contribution in [0.5, 0.6) is 0 Å². The van der Waals surface area contributed by atoms with Crippen molar-refractivity contribution in [1.82, 2.24) is 9.80 Å². The van der Waals surface area contributed by atoms with E-state index in [0.717, 1.165) is 5.56 Å². The van der Waals surface area contributed by atoms with Crippen LogP contribution in [0.3, 0.4) is 0 Å². The summed E-state index contributed by atoms with van der Waals surface area (Å²) in [4.78, 5) is 39.6. The van der Waals surface area contributed by atoms with E-state index in [1.54, 1.807) is 11.9 Å². The number of amides is 3. The summed E-state index contributed by atoms with van der Waals surface area (Å²) in [6, 6.07) is 9.46. The van der Waals surface area contributed by atoms with E-state index in [1.165, 1.54) is 4.90 Å². The molecular formula is C16H18N2O3. The monoisotopic (exact) mass is 286 g/mol. The number of hydrogen-bond donors (Lipinski definition) is 0. The summed E-state index contributed by atoms with van der Waals surface area (Å²) in [5.41, 5.74) is 0.225. The molecule has 2 saturated heterocycles. The fourth-order valence-corrected chi connectivity index (χ4v) is 3.25. The van der Waals surface area contributed by atoms with Gasteiger partial charge in [0.25, 0.3) is 0 Å². The Morgan fingerprint density at radius 2 is 1.81 bits per heavy atom. The van der Waals surface area contributed by atoms with Gasteiger partial charge >= 0.3 is 0 Å². The summed E-state index contributed by atoms with van der Waals surface area (Å²) in [7, 11) is 1.71. The van der Waals surface area contributed by atoms with Crippen molar-refractivity contribution in [2.24, 2.45) is 5.41 Å². The van der Waals surface area contributed by atoms with Gasteiger partial charge in [-0.25, -0.2) is 0 Å². The summed E-state index contributed by atoms with van der Waals surface area (Å²) >= 11 is 0. The number of benzene rings is 1. The van der Waals surface area contributed by atoms with Crippen LogP contribution < -0.4 is 0 Å². The molecule has 0 N–H and O–H groups in total. The van der Waals surface area contributed by atoms with E-state index in [4.69, 9.17) is 0 Å². The van der Waals surface area contributed by atoms with Gasteiger partial charge in [0.05, 0.1) is 12.0 Å². The van der Waals surface area contributed by atoms with E-state index in [-0.39, 0.29) is 30.7 Å². The zero-order valence-electron chi connectivity index (χ0n) is 12.0. The normalized spacial score (nSPS) is 26.0. The minimum absolute atomic E-state index is 0.0163. The predicted octanol–water partition coefficient (Wildman–Crippen LogP) is 1.18. The predicted molar refractivity (Wildman–Crippen MR) is 75.9 cm³/mol. The van der Waals surface area contributed by atoms with Gasteiger partial charge in [-0.3, -0.25) is 19.3 Å². The SMILES string of the molecule is CN1CC2(CCC(=O)N(Cc3ccccc3)C2=O)CC1=O. The molecule has 2 heterocycles. The van der Waals surface area contributed by atoms with Crippen LogP contribution in [0.1, 0.15) is 24.8 Å². The van der Waals surface area contributed by atoms with Crippen molar-refractivity contribution in [2.75, 3.05) is 13.6 Å². The molecule has 110 valence electrons. The van der Waals surface area contributed by atoms with Crippen molar-refractivity contribution >= 4 is 17.7 Å². The van der Waals surface area contributed by atoms with Crippen LogP contribution in [0.15, 0.2) is 30.3 Å². The third kappa shape index (κ3) is 2.33. The van der Waals surface area contributed by atoms with Crippen LogP contribution >= 0.6 is 0 Å². The summed E-state index contributed by atoms with van der Waals surface area (Å²) in [5, 5.41) is 0. The Bertz CT molecular complexity index is 599. The molecule has 1 spiro atoms. The minimum atomic E-state index is -0.700. The molecule has 5 nitrogen and oxygen atoms in total. The topological polar surface area (TPSA) is 57.7 Å². The molecule has 3 rings (SSSR count). The van der Waals surface area contributed by atoms with Crippen molar-refractivity contribution < 1.29 is 14.4 Å². The molecule has 1 unspecified atom stereocenters. The number of carbonyl (C=O) groups is 3. The minimum Gasteiger partial charge on any atom is -0.345 e. The van der Waals surface area contributed by atoms with Gasteiger partial charge in [-0.15, -0.1) is 0 Å². The van der Waals surface area contributed by atoms with E-state index in [9.17, 15) is 14.4 Å². The van der Waals surface area contributed by atoms with Crippen molar-refractivity contribution in [1.29, 1.82) is 0 Å². The number of rotatable bonds is 2. The lowest BCUT2D eigenvalue weighted by atomic mass is 9.78. The van der Waals surface area contributed by atoms with Crippen molar-refractivity contribution in [2.45, 2.75) is 25.8 Å². The molecular weight excluding hydrogens is 268 g/mol. The Balaban J connectivity index is 1.85. The van der Waals surface area contributed by atoms with Crippen molar-refractivity contribution in [3.8, 4) is 0 Å². The number of likely N-dealkylation sites (tertiary alicyclic amines) is 2. The lowest BCUT2D eigenvalue weighted by Crippen LogP contribution is -2.52. The highest BCUT2D eigenvalue weighted by Crippen LogP contribution is 2.40. The molecule has 5 heteroatoms. The molecule has 2 aliphatic rings. The number of imide groups is 1. The fourth-order valence-electron chi connectivity index (χ4n) is 3.25. The Kier molecular flexibility index (Phi) is 3.27. The van der Waals surface area contributed by atoms with Gasteiger partial charge in [-0.2, -0.15) is 0 Å². The number of hydrogen-bond acceptors (Lipinski definition) is 3. The lowest BCUT2D eigenvalue weighted by molar-refractivity contribution is -0.158. The summed E-state index contributed by atoms with van der Waals surface area (Å²) in [6.45, 7) is 0.710. The first-order valence-electron chi connectivity index (χ1n) is 7.14. The van der Waals surface area contributed by atoms with Gasteiger partial charge < -0.3 is 4.90 Å². The Morgan fingerprint density at radius 1 is 1.10 bits per heavy atom. The zero-order valence-corrected chi connectivity index (χ0v) is 12.0. The lowest BCUT2D eigenvalue weighted by Gasteiger charge is -2.37. The maximum Gasteiger partial charge on any atom is 0.238 e. The molecule has 1 atom stereocenters. The second-order valence-corrected chi connectivity index (χ2v) is 5.98. The van der Waals surface area contributed by atoms with Crippen LogP contribution in [0.25, 0.3) is 0 Å². The molecule has 3 amide bonds. The van der Waals surface area contributed by atoms with Gasteiger partial charge in [0, 0.05) is 26.4 Å². The van der Waals surface area contributed by atoms with Gasteiger partial charge in [0.1, 0.15) is 0 Å². The first kappa shape index (κ1) is 13.8. The molecule has 1 aromatic rings. The van der Waals surface area contributed by atoms with E-state index in [1.807, 2.05) is 30.3 Å². The molecule has 2 fully saturated rings. The third-order valence-corrected chi connectivity index (χ3v) is 4.46. The van der Waals surface area contributed by atoms with Gasteiger partial charge in [-0.05, 0) is 12.0 Å². The van der Waals surface area contributed by atoms with Gasteiger partial charge in [0.2, 0.25) is 17.7 Å². The van der Waals surface area contributed by atoms with Crippen LogP contribution in [-0.2, 0) is 20.9 Å². The molecule has 0 saturated carbocycles. The van der Waals surface area contributed by atoms with Crippen LogP contribution in [-0.4, -0.2) is 41.1 Å². The maximum atomic E-state index is 12.8. The first-order chi connectivity index (χ1) is 10.0. The Hall–Kier alpha value is -2.17. The summed E-state index contributed by atoms with van der Waals surface area (Å²) in [5.74, 6) is -0.353. The summed E-state index contributed by atoms with van der Waals surface area (Å²) in [6.07, 6.45) is 1.03. The molecule has 0 bridgehead atoms. The van der Waals surface area contributed by atoms with E-state index in [0.29, 0.717) is 19.4 Å². The van der Waals surface area contributed by atoms with Gasteiger partial charge in [0.15, 0.2) is 0 Å². The van der Waals surface area contributed by atoms with Crippen LogP contribution in [0.2, 0.25) is 0 Å². The molecule has 0 aliphatic carbocycles. The Labute approximate surface area is 123 Å². The molecule has 1 aromatic carbocycles. The molecule has 0 radical (unpaired) electrons. The van der Waals surface area contributed by atoms with E-state index >= 15 is 0 Å². The quantitative estimate of drug-likeness (QED) is 0.767. The molecule has 0 aromatic heterocycles. The maximum absolute atomic E-state index is 12.8. The highest BCUT2D eigenvalue weighted by atomic mass is 16.2. The number of nitrogens with zero attached hydrogens (tertiary/aromatic N) is 2. The number of piperidine rings is 1. The van der Waals surface area contributed by atoms with Crippen LogP contribution in [0, 0.1) is 5.41 Å². The smallest absolute Gasteiger partial charge is 0.238 e. The van der Waals surface area contributed by atoms with Crippen molar-refractivity contribution in [3.05, 3.63) is 35.9 Å². The standard InChI is InChI=1S/C16H18N2O3/c1-17-11-16(9-14(17)20)8-7-13(19)18(15(16)21)10-12-5-3-2-4-6-12/h2-6H,7-11H2,1H3. The van der Waals surface area contributed by atoms with E-state index < -0.39 is 5.41 Å². The average molecular weight is 286 g/mol. The highest BCUT2D eigenvalue weighted by molar-refractivity contribution is 6.03.